The third-order valence-corrected chi connectivity index (χ3v) is 4.60. The van der Waals surface area contributed by atoms with Gasteiger partial charge in [0.15, 0.2) is 0 Å². The summed E-state index contributed by atoms with van der Waals surface area (Å²) in [6.45, 7) is 0.384. The Labute approximate surface area is 196 Å². The largest absolute Gasteiger partial charge is 0.480 e. The minimum atomic E-state index is -1.30. The maximum atomic E-state index is 12.5. The van der Waals surface area contributed by atoms with E-state index in [4.69, 9.17) is 27.4 Å². The lowest BCUT2D eigenvalue weighted by Gasteiger charge is -2.21. The Morgan fingerprint density at radius 3 is 2.03 bits per heavy atom. The van der Waals surface area contributed by atoms with Gasteiger partial charge in [0, 0.05) is 6.42 Å². The van der Waals surface area contributed by atoms with Gasteiger partial charge in [-0.1, -0.05) is 0 Å². The van der Waals surface area contributed by atoms with Crippen LogP contribution in [-0.2, 0) is 28.8 Å². The van der Waals surface area contributed by atoms with Crippen LogP contribution in [0.25, 0.3) is 0 Å². The highest BCUT2D eigenvalue weighted by Gasteiger charge is 2.26. The lowest BCUT2D eigenvalue weighted by atomic mass is 10.1. The van der Waals surface area contributed by atoms with Gasteiger partial charge in [0.2, 0.25) is 29.5 Å². The number of amides is 5. The van der Waals surface area contributed by atoms with Crippen LogP contribution < -0.4 is 38.5 Å². The van der Waals surface area contributed by atoms with Gasteiger partial charge in [0.1, 0.15) is 24.2 Å². The van der Waals surface area contributed by atoms with Crippen molar-refractivity contribution in [2.45, 2.75) is 63.2 Å². The molecule has 0 aromatic carbocycles. The number of hydrogen-bond donors (Lipinski definition) is 9. The molecule has 0 fully saturated rings. The van der Waals surface area contributed by atoms with E-state index in [1.807, 2.05) is 0 Å². The van der Waals surface area contributed by atoms with Crippen LogP contribution in [0.5, 0.6) is 0 Å². The number of primary amides is 1. The molecule has 0 aliphatic heterocycles. The number of hydrogen-bond acceptors (Lipinski definition) is 9. The second kappa shape index (κ2) is 16.3. The molecule has 0 saturated carbocycles. The third kappa shape index (κ3) is 12.7. The molecule has 0 rings (SSSR count). The Hall–Kier alpha value is -3.30. The minimum absolute atomic E-state index is 0.190. The highest BCUT2D eigenvalue weighted by atomic mass is 16.4. The second-order valence-corrected chi connectivity index (χ2v) is 7.55. The van der Waals surface area contributed by atoms with Gasteiger partial charge in [-0.3, -0.25) is 28.8 Å². The molecule has 0 spiro atoms. The number of aliphatic carboxylic acids is 1. The van der Waals surface area contributed by atoms with Crippen LogP contribution in [0.2, 0.25) is 0 Å². The molecule has 0 aromatic heterocycles. The Bertz CT molecular complexity index is 733. The number of nitrogens with two attached hydrogens (primary N) is 3. The molecule has 34 heavy (non-hydrogen) atoms. The SMILES string of the molecule is C[C@H](NC(=O)[C@H](CCC(N)=O)NC(=O)CNC(=O)[C@H](CCCCN)NC(=O)[C@@H](N)CO)C(=O)O. The molecule has 0 radical (unpaired) electrons. The normalized spacial score (nSPS) is 14.1. The molecule has 0 aliphatic carbocycles. The first kappa shape index (κ1) is 30.7. The van der Waals surface area contributed by atoms with Crippen LogP contribution in [0, 0.1) is 0 Å². The third-order valence-electron chi connectivity index (χ3n) is 4.60. The topological polar surface area (TPSA) is 269 Å². The van der Waals surface area contributed by atoms with E-state index in [0.29, 0.717) is 19.4 Å². The summed E-state index contributed by atoms with van der Waals surface area (Å²) in [5.74, 6) is -5.15. The van der Waals surface area contributed by atoms with Crippen molar-refractivity contribution in [2.75, 3.05) is 19.7 Å². The average molecular weight is 490 g/mol. The summed E-state index contributed by atoms with van der Waals surface area (Å²) in [5.41, 5.74) is 15.9. The number of aliphatic hydroxyl groups is 1. The molecule has 15 heteroatoms. The van der Waals surface area contributed by atoms with Gasteiger partial charge in [-0.15, -0.1) is 0 Å². The highest BCUT2D eigenvalue weighted by molar-refractivity contribution is 5.94. The molecule has 5 amide bonds. The Kier molecular flexibility index (Phi) is 14.7. The van der Waals surface area contributed by atoms with E-state index in [-0.39, 0.29) is 19.3 Å². The van der Waals surface area contributed by atoms with Crippen LogP contribution >= 0.6 is 0 Å². The molecule has 0 unspecified atom stereocenters. The smallest absolute Gasteiger partial charge is 0.325 e. The molecule has 4 atom stereocenters. The number of unbranched alkanes of at least 4 members (excludes halogenated alkanes) is 1. The lowest BCUT2D eigenvalue weighted by molar-refractivity contribution is -0.141. The first-order valence-corrected chi connectivity index (χ1v) is 10.7. The summed E-state index contributed by atoms with van der Waals surface area (Å²) in [6.07, 6.45) is 0.825. The quantitative estimate of drug-likeness (QED) is 0.0881. The zero-order chi connectivity index (χ0) is 26.3. The zero-order valence-corrected chi connectivity index (χ0v) is 19.0. The molecule has 12 N–H and O–H groups in total. The number of nitrogens with one attached hydrogen (secondary N) is 4. The van der Waals surface area contributed by atoms with E-state index >= 15 is 0 Å². The minimum Gasteiger partial charge on any atom is -0.480 e. The van der Waals surface area contributed by atoms with Crippen LogP contribution in [0.4, 0.5) is 0 Å². The van der Waals surface area contributed by atoms with Crippen molar-refractivity contribution in [3.8, 4) is 0 Å². The molecule has 15 nitrogen and oxygen atoms in total. The van der Waals surface area contributed by atoms with Gasteiger partial charge in [0.25, 0.3) is 0 Å². The molecule has 0 aliphatic rings. The van der Waals surface area contributed by atoms with Crippen LogP contribution in [0.3, 0.4) is 0 Å². The summed E-state index contributed by atoms with van der Waals surface area (Å²) >= 11 is 0. The first-order chi connectivity index (χ1) is 15.9. The van der Waals surface area contributed by atoms with Crippen molar-refractivity contribution in [1.29, 1.82) is 0 Å². The van der Waals surface area contributed by atoms with Crippen molar-refractivity contribution >= 4 is 35.5 Å². The molecule has 194 valence electrons. The molecule has 0 heterocycles. The number of carbonyl (C=O) groups is 6. The van der Waals surface area contributed by atoms with Gasteiger partial charge in [-0.05, 0) is 39.2 Å². The Balaban J connectivity index is 5.07. The fraction of sp³-hybridized carbons (Fsp3) is 0.684. The van der Waals surface area contributed by atoms with Gasteiger partial charge < -0.3 is 48.7 Å². The summed E-state index contributed by atoms with van der Waals surface area (Å²) < 4.78 is 0. The first-order valence-electron chi connectivity index (χ1n) is 10.7. The predicted octanol–water partition coefficient (Wildman–Crippen LogP) is -4.62. The molecule has 0 aromatic rings. The van der Waals surface area contributed by atoms with E-state index in [2.05, 4.69) is 21.3 Å². The van der Waals surface area contributed by atoms with Crippen molar-refractivity contribution in [3.63, 3.8) is 0 Å². The Morgan fingerprint density at radius 1 is 0.882 bits per heavy atom. The number of carboxylic acids is 1. The molecular formula is C19H35N7O8. The van der Waals surface area contributed by atoms with E-state index in [9.17, 15) is 28.8 Å². The van der Waals surface area contributed by atoms with Crippen molar-refractivity contribution in [1.82, 2.24) is 21.3 Å². The maximum absolute atomic E-state index is 12.5. The number of carboxylic acid groups (broad SMARTS) is 1. The standard InChI is InChI=1S/C19H35N7O8/c1-10(19(33)34)24-18(32)13(5-6-14(22)28)25-15(29)8-23-17(31)12(4-2-3-7-20)26-16(30)11(21)9-27/h10-13,27H,2-9,20-21H2,1H3,(H2,22,28)(H,23,31)(H,24,32)(H,25,29)(H,26,30)(H,33,34)/t10-,11-,12-,13-/m0/s1. The lowest BCUT2D eigenvalue weighted by Crippen LogP contribution is -2.55. The van der Waals surface area contributed by atoms with Crippen molar-refractivity contribution < 1.29 is 39.0 Å². The summed E-state index contributed by atoms with van der Waals surface area (Å²) in [4.78, 5) is 71.0. The van der Waals surface area contributed by atoms with Crippen LogP contribution in [-0.4, -0.2) is 89.6 Å². The summed E-state index contributed by atoms with van der Waals surface area (Å²) in [7, 11) is 0. The van der Waals surface area contributed by atoms with Gasteiger partial charge >= 0.3 is 5.97 Å². The number of carbonyl (C=O) groups excluding carboxylic acids is 5. The molecule has 0 bridgehead atoms. The summed E-state index contributed by atoms with van der Waals surface area (Å²) in [6, 6.07) is -4.80. The fourth-order valence-corrected chi connectivity index (χ4v) is 2.59. The average Bonchev–Trinajstić information content (AvgIpc) is 2.78. The monoisotopic (exact) mass is 489 g/mol. The van der Waals surface area contributed by atoms with E-state index < -0.39 is 72.8 Å². The van der Waals surface area contributed by atoms with Crippen LogP contribution in [0.15, 0.2) is 0 Å². The van der Waals surface area contributed by atoms with Gasteiger partial charge in [0.05, 0.1) is 13.2 Å². The van der Waals surface area contributed by atoms with E-state index in [0.717, 1.165) is 0 Å². The number of rotatable bonds is 17. The van der Waals surface area contributed by atoms with Gasteiger partial charge in [-0.25, -0.2) is 0 Å². The van der Waals surface area contributed by atoms with Crippen molar-refractivity contribution in [2.24, 2.45) is 17.2 Å². The zero-order valence-electron chi connectivity index (χ0n) is 19.0. The van der Waals surface area contributed by atoms with E-state index in [1.165, 1.54) is 6.92 Å². The molecular weight excluding hydrogens is 454 g/mol. The van der Waals surface area contributed by atoms with Crippen molar-refractivity contribution in [3.05, 3.63) is 0 Å². The second-order valence-electron chi connectivity index (χ2n) is 7.55. The fourth-order valence-electron chi connectivity index (χ4n) is 2.59. The molecule has 0 saturated heterocycles. The van der Waals surface area contributed by atoms with E-state index in [1.54, 1.807) is 0 Å². The predicted molar refractivity (Wildman–Crippen MR) is 119 cm³/mol. The Morgan fingerprint density at radius 2 is 1.50 bits per heavy atom. The number of aliphatic hydroxyl groups excluding tert-OH is 1. The van der Waals surface area contributed by atoms with Gasteiger partial charge in [-0.2, -0.15) is 0 Å². The maximum Gasteiger partial charge on any atom is 0.325 e. The highest BCUT2D eigenvalue weighted by Crippen LogP contribution is 2.02. The van der Waals surface area contributed by atoms with Crippen LogP contribution in [0.1, 0.15) is 39.0 Å². The summed E-state index contributed by atoms with van der Waals surface area (Å²) in [5, 5.41) is 27.1.